The molecule has 0 atom stereocenters. The van der Waals surface area contributed by atoms with Crippen molar-refractivity contribution in [3.8, 4) is 0 Å². The molecule has 0 aliphatic heterocycles. The van der Waals surface area contributed by atoms with Crippen LogP contribution in [-0.4, -0.2) is 8.07 Å². The molecule has 1 aliphatic rings. The molecule has 4 aromatic rings. The first-order chi connectivity index (χ1) is 19.7. The Morgan fingerprint density at radius 1 is 0.500 bits per heavy atom. The predicted octanol–water partition coefficient (Wildman–Crippen LogP) is 8.94. The molecule has 0 radical (unpaired) electrons. The molecule has 0 saturated carbocycles. The fraction of sp³-hybridized carbons (Fsp3) is 0.317. The molecule has 5 rings (SSSR count). The molecule has 42 heavy (non-hydrogen) atoms. The van der Waals surface area contributed by atoms with E-state index in [4.69, 9.17) is 0 Å². The first-order valence-electron chi connectivity index (χ1n) is 15.5. The summed E-state index contributed by atoms with van der Waals surface area (Å²) >= 11 is 0. The van der Waals surface area contributed by atoms with Crippen molar-refractivity contribution in [3.05, 3.63) is 141 Å². The molecular formula is C41H48Si. The summed E-state index contributed by atoms with van der Waals surface area (Å²) in [5, 5.41) is 5.97. The summed E-state index contributed by atoms with van der Waals surface area (Å²) in [4.78, 5) is 0. The predicted molar refractivity (Wildman–Crippen MR) is 187 cm³/mol. The molecule has 1 aliphatic carbocycles. The maximum atomic E-state index is 2.58. The lowest BCUT2D eigenvalue weighted by atomic mass is 9.81. The lowest BCUT2D eigenvalue weighted by Crippen LogP contribution is -2.69. The fourth-order valence-electron chi connectivity index (χ4n) is 6.82. The Morgan fingerprint density at radius 3 is 1.36 bits per heavy atom. The fourth-order valence-corrected chi connectivity index (χ4v) is 12.3. The first kappa shape index (κ1) is 30.0. The van der Waals surface area contributed by atoms with E-state index in [-0.39, 0.29) is 10.8 Å². The Bertz CT molecular complexity index is 1560. The minimum atomic E-state index is -2.79. The average Bonchev–Trinajstić information content (AvgIpc) is 3.38. The standard InChI is InChI=1S/C41H48Si/c1-28-19-29(2)22-35(21-28)42(36-23-30(3)20-31(4)24-36,39-18-14-17-38(39)32-15-12-11-13-16-32)37-26-33(40(5,6)7)25-34(27-37)41(8,9)10/h11-13,15-27H,14H2,1-10H3. The molecule has 0 unspecified atom stereocenters. The Labute approximate surface area is 256 Å². The molecule has 0 saturated heterocycles. The third-order valence-corrected chi connectivity index (χ3v) is 13.6. The Balaban J connectivity index is 2.01. The molecule has 1 heteroatoms. The lowest BCUT2D eigenvalue weighted by Gasteiger charge is -2.39. The van der Waals surface area contributed by atoms with Crippen LogP contribution in [0.3, 0.4) is 0 Å². The highest BCUT2D eigenvalue weighted by atomic mass is 28.3. The Morgan fingerprint density at radius 2 is 0.929 bits per heavy atom. The molecule has 4 aromatic carbocycles. The van der Waals surface area contributed by atoms with Gasteiger partial charge in [-0.05, 0) is 88.0 Å². The minimum absolute atomic E-state index is 0.0311. The van der Waals surface area contributed by atoms with Gasteiger partial charge in [0.25, 0.3) is 0 Å². The van der Waals surface area contributed by atoms with E-state index in [1.54, 1.807) is 0 Å². The van der Waals surface area contributed by atoms with Crippen LogP contribution in [0.15, 0.2) is 102 Å². The van der Waals surface area contributed by atoms with Gasteiger partial charge < -0.3 is 0 Å². The summed E-state index contributed by atoms with van der Waals surface area (Å²) in [6, 6.07) is 33.4. The monoisotopic (exact) mass is 568 g/mol. The maximum absolute atomic E-state index is 2.79. The van der Waals surface area contributed by atoms with Crippen LogP contribution in [0.5, 0.6) is 0 Å². The van der Waals surface area contributed by atoms with Gasteiger partial charge in [-0.15, -0.1) is 0 Å². The van der Waals surface area contributed by atoms with Crippen molar-refractivity contribution in [3.63, 3.8) is 0 Å². The number of aryl methyl sites for hydroxylation is 4. The minimum Gasteiger partial charge on any atom is -0.0798 e. The number of hydrogen-bond donors (Lipinski definition) is 0. The van der Waals surface area contributed by atoms with Crippen LogP contribution >= 0.6 is 0 Å². The van der Waals surface area contributed by atoms with Crippen LogP contribution in [0.1, 0.15) is 86.9 Å². The van der Waals surface area contributed by atoms with Gasteiger partial charge in [0.15, 0.2) is 8.07 Å². The van der Waals surface area contributed by atoms with Gasteiger partial charge in [0.05, 0.1) is 0 Å². The average molecular weight is 569 g/mol. The zero-order valence-electron chi connectivity index (χ0n) is 27.4. The van der Waals surface area contributed by atoms with Crippen LogP contribution in [0.4, 0.5) is 0 Å². The second-order valence-electron chi connectivity index (χ2n) is 14.6. The second kappa shape index (κ2) is 11.0. The van der Waals surface area contributed by atoms with Gasteiger partial charge in [-0.2, -0.15) is 0 Å². The SMILES string of the molecule is Cc1cc(C)cc([Si](C2=CCC=C2c2ccccc2)(c2cc(C)cc(C)c2)c2cc(C(C)(C)C)cc(C(C)(C)C)c2)c1. The van der Waals surface area contributed by atoms with Gasteiger partial charge in [0, 0.05) is 0 Å². The van der Waals surface area contributed by atoms with Gasteiger partial charge in [0.2, 0.25) is 0 Å². The summed E-state index contributed by atoms with van der Waals surface area (Å²) in [5.74, 6) is 0. The molecular weight excluding hydrogens is 521 g/mol. The van der Waals surface area contributed by atoms with E-state index in [9.17, 15) is 0 Å². The number of benzene rings is 4. The van der Waals surface area contributed by atoms with Crippen molar-refractivity contribution in [1.29, 1.82) is 0 Å². The smallest absolute Gasteiger partial charge is 0.0798 e. The van der Waals surface area contributed by atoms with Gasteiger partial charge in [-0.1, -0.05) is 161 Å². The van der Waals surface area contributed by atoms with E-state index in [1.807, 2.05) is 0 Å². The van der Waals surface area contributed by atoms with Crippen molar-refractivity contribution >= 4 is 29.2 Å². The zero-order chi connectivity index (χ0) is 30.4. The second-order valence-corrected chi connectivity index (χ2v) is 18.4. The van der Waals surface area contributed by atoms with Crippen LogP contribution in [0.2, 0.25) is 0 Å². The summed E-state index contributed by atoms with van der Waals surface area (Å²) in [5.41, 5.74) is 10.9. The number of rotatable bonds is 5. The van der Waals surface area contributed by atoms with Gasteiger partial charge in [-0.3, -0.25) is 0 Å². The van der Waals surface area contributed by atoms with Crippen molar-refractivity contribution < 1.29 is 0 Å². The maximum Gasteiger partial charge on any atom is 0.179 e. The normalized spacial score (nSPS) is 14.1. The molecule has 216 valence electrons. The largest absolute Gasteiger partial charge is 0.179 e. The van der Waals surface area contributed by atoms with E-state index in [0.717, 1.165) is 6.42 Å². The summed E-state index contributed by atoms with van der Waals surface area (Å²) in [6.07, 6.45) is 6.00. The van der Waals surface area contributed by atoms with Gasteiger partial charge in [0.1, 0.15) is 0 Å². The molecule has 0 aromatic heterocycles. The summed E-state index contributed by atoms with van der Waals surface area (Å²) < 4.78 is 0. The summed E-state index contributed by atoms with van der Waals surface area (Å²) in [6.45, 7) is 23.2. The van der Waals surface area contributed by atoms with Crippen LogP contribution in [-0.2, 0) is 10.8 Å². The molecule has 0 spiro atoms. The highest BCUT2D eigenvalue weighted by molar-refractivity contribution is 7.17. The lowest BCUT2D eigenvalue weighted by molar-refractivity contribution is 0.569. The van der Waals surface area contributed by atoms with Crippen LogP contribution in [0, 0.1) is 27.7 Å². The number of allylic oxidation sites excluding steroid dienone is 4. The Kier molecular flexibility index (Phi) is 7.88. The summed E-state index contributed by atoms with van der Waals surface area (Å²) in [7, 11) is -2.79. The van der Waals surface area contributed by atoms with E-state index < -0.39 is 8.07 Å². The van der Waals surface area contributed by atoms with Crippen molar-refractivity contribution in [1.82, 2.24) is 0 Å². The molecule has 0 heterocycles. The third kappa shape index (κ3) is 5.64. The topological polar surface area (TPSA) is 0 Å². The highest BCUT2D eigenvalue weighted by Crippen LogP contribution is 2.37. The molecule has 0 amide bonds. The van der Waals surface area contributed by atoms with Crippen molar-refractivity contribution in [2.75, 3.05) is 0 Å². The molecule has 0 bridgehead atoms. The quantitative estimate of drug-likeness (QED) is 0.167. The van der Waals surface area contributed by atoms with Gasteiger partial charge >= 0.3 is 0 Å². The Hall–Kier alpha value is -3.42. The van der Waals surface area contributed by atoms with E-state index in [0.29, 0.717) is 0 Å². The van der Waals surface area contributed by atoms with Crippen molar-refractivity contribution in [2.24, 2.45) is 0 Å². The van der Waals surface area contributed by atoms with E-state index in [2.05, 4.69) is 166 Å². The van der Waals surface area contributed by atoms with Gasteiger partial charge in [-0.25, -0.2) is 0 Å². The van der Waals surface area contributed by atoms with E-state index >= 15 is 0 Å². The first-order valence-corrected chi connectivity index (χ1v) is 17.5. The molecule has 0 fully saturated rings. The molecule has 0 N–H and O–H groups in total. The van der Waals surface area contributed by atoms with Crippen molar-refractivity contribution in [2.45, 2.75) is 86.5 Å². The van der Waals surface area contributed by atoms with Crippen LogP contribution in [0.25, 0.3) is 5.57 Å². The van der Waals surface area contributed by atoms with Crippen LogP contribution < -0.4 is 15.6 Å². The van der Waals surface area contributed by atoms with E-state index in [1.165, 1.54) is 65.3 Å². The third-order valence-electron chi connectivity index (χ3n) is 8.83. The number of hydrogen-bond acceptors (Lipinski definition) is 0. The zero-order valence-corrected chi connectivity index (χ0v) is 28.4. The highest BCUT2D eigenvalue weighted by Gasteiger charge is 2.46. The molecule has 0 nitrogen and oxygen atoms in total.